The summed E-state index contributed by atoms with van der Waals surface area (Å²) in [5, 5.41) is 1.21. The van der Waals surface area contributed by atoms with Crippen LogP contribution in [-0.2, 0) is 0 Å². The van der Waals surface area contributed by atoms with Crippen LogP contribution in [0.4, 0.5) is 5.69 Å². The molecule has 0 atom stereocenters. The molecule has 3 heterocycles. The molecule has 1 aromatic carbocycles. The molecule has 0 bridgehead atoms. The molecule has 0 unspecified atom stereocenters. The minimum atomic E-state index is 0.936. The van der Waals surface area contributed by atoms with Crippen molar-refractivity contribution in [3.8, 4) is 0 Å². The zero-order chi connectivity index (χ0) is 17.2. The summed E-state index contributed by atoms with van der Waals surface area (Å²) < 4.78 is 0. The minimum Gasteiger partial charge on any atom is -0.366 e. The summed E-state index contributed by atoms with van der Waals surface area (Å²) in [6.45, 7) is 6.28. The Morgan fingerprint density at radius 2 is 2.08 bits per heavy atom. The number of allylic oxidation sites excluding steroid dienone is 1. The highest BCUT2D eigenvalue weighted by Gasteiger charge is 2.15. The van der Waals surface area contributed by atoms with Crippen LogP contribution >= 0.6 is 0 Å². The lowest BCUT2D eigenvalue weighted by molar-refractivity contribution is 0.797. The number of fused-ring (bicyclic) bond motifs is 1. The second-order valence-corrected chi connectivity index (χ2v) is 6.73. The Labute approximate surface area is 148 Å². The van der Waals surface area contributed by atoms with E-state index in [1.165, 1.54) is 33.3 Å². The van der Waals surface area contributed by atoms with Gasteiger partial charge in [0, 0.05) is 24.7 Å². The van der Waals surface area contributed by atoms with Crippen molar-refractivity contribution in [1.82, 2.24) is 9.97 Å². The summed E-state index contributed by atoms with van der Waals surface area (Å²) in [6.07, 6.45) is 11.8. The zero-order valence-corrected chi connectivity index (χ0v) is 14.8. The Bertz CT molecular complexity index is 962. The third-order valence-electron chi connectivity index (χ3n) is 4.95. The van der Waals surface area contributed by atoms with Gasteiger partial charge in [-0.2, -0.15) is 0 Å². The van der Waals surface area contributed by atoms with E-state index in [1.54, 1.807) is 0 Å². The fraction of sp³-hybridized carbons (Fsp3) is 0.227. The number of nitrogens with one attached hydrogen (secondary N) is 1. The Kier molecular flexibility index (Phi) is 4.14. The molecule has 0 saturated heterocycles. The Balaban J connectivity index is 1.50. The molecule has 0 aliphatic carbocycles. The van der Waals surface area contributed by atoms with Crippen molar-refractivity contribution in [2.75, 3.05) is 18.0 Å². The van der Waals surface area contributed by atoms with Gasteiger partial charge in [-0.25, -0.2) is 4.98 Å². The summed E-state index contributed by atoms with van der Waals surface area (Å²) in [6, 6.07) is 10.7. The molecule has 2 aromatic heterocycles. The molecule has 3 aromatic rings. The van der Waals surface area contributed by atoms with Gasteiger partial charge in [0.2, 0.25) is 0 Å². The number of pyridine rings is 1. The van der Waals surface area contributed by atoms with Crippen LogP contribution in [0.3, 0.4) is 0 Å². The van der Waals surface area contributed by atoms with Crippen LogP contribution in [0.5, 0.6) is 0 Å². The Hall–Kier alpha value is -2.81. The van der Waals surface area contributed by atoms with Gasteiger partial charge in [0.25, 0.3) is 0 Å². The molecule has 1 aliphatic heterocycles. The first-order valence-corrected chi connectivity index (χ1v) is 8.82. The largest absolute Gasteiger partial charge is 0.366 e. The predicted molar refractivity (Wildman–Crippen MR) is 106 cm³/mol. The number of aromatic amines is 1. The van der Waals surface area contributed by atoms with Gasteiger partial charge in [0.15, 0.2) is 0 Å². The monoisotopic (exact) mass is 329 g/mol. The lowest BCUT2D eigenvalue weighted by atomic mass is 10.0. The van der Waals surface area contributed by atoms with Crippen LogP contribution in [0.15, 0.2) is 60.5 Å². The van der Waals surface area contributed by atoms with Gasteiger partial charge >= 0.3 is 0 Å². The highest BCUT2D eigenvalue weighted by molar-refractivity contribution is 5.84. The van der Waals surface area contributed by atoms with E-state index < -0.39 is 0 Å². The fourth-order valence-electron chi connectivity index (χ4n) is 3.48. The molecule has 4 rings (SSSR count). The SMILES string of the molecule is Cc1cccc(C=CC2=CCN(c3cnc4[nH]ccc4c3C)CC2)c1. The maximum atomic E-state index is 4.55. The van der Waals surface area contributed by atoms with Gasteiger partial charge in [-0.1, -0.05) is 48.1 Å². The number of hydrogen-bond acceptors (Lipinski definition) is 2. The summed E-state index contributed by atoms with van der Waals surface area (Å²) in [4.78, 5) is 10.1. The molecule has 126 valence electrons. The molecule has 0 radical (unpaired) electrons. The zero-order valence-electron chi connectivity index (χ0n) is 14.8. The van der Waals surface area contributed by atoms with Crippen molar-refractivity contribution in [3.63, 3.8) is 0 Å². The van der Waals surface area contributed by atoms with Crippen molar-refractivity contribution >= 4 is 22.8 Å². The third-order valence-corrected chi connectivity index (χ3v) is 4.95. The molecular formula is C22H23N3. The van der Waals surface area contributed by atoms with Crippen molar-refractivity contribution in [2.45, 2.75) is 20.3 Å². The predicted octanol–water partition coefficient (Wildman–Crippen LogP) is 5.03. The molecule has 0 fully saturated rings. The van der Waals surface area contributed by atoms with E-state index in [0.717, 1.165) is 25.2 Å². The van der Waals surface area contributed by atoms with Crippen LogP contribution < -0.4 is 4.90 Å². The van der Waals surface area contributed by atoms with Crippen LogP contribution in [-0.4, -0.2) is 23.1 Å². The molecule has 0 spiro atoms. The maximum absolute atomic E-state index is 4.55. The van der Waals surface area contributed by atoms with Gasteiger partial charge in [0.1, 0.15) is 5.65 Å². The molecule has 25 heavy (non-hydrogen) atoms. The highest BCUT2D eigenvalue weighted by atomic mass is 15.1. The molecule has 0 amide bonds. The number of nitrogens with zero attached hydrogens (tertiary/aromatic N) is 2. The van der Waals surface area contributed by atoms with Crippen LogP contribution in [0.2, 0.25) is 0 Å². The van der Waals surface area contributed by atoms with Crippen LogP contribution in [0.1, 0.15) is 23.1 Å². The summed E-state index contributed by atoms with van der Waals surface area (Å²) in [5.41, 5.74) is 7.49. The number of aromatic nitrogens is 2. The van der Waals surface area contributed by atoms with Crippen molar-refractivity contribution in [1.29, 1.82) is 0 Å². The van der Waals surface area contributed by atoms with Gasteiger partial charge in [-0.15, -0.1) is 0 Å². The first kappa shape index (κ1) is 15.7. The molecular weight excluding hydrogens is 306 g/mol. The summed E-state index contributed by atoms with van der Waals surface area (Å²) in [7, 11) is 0. The lowest BCUT2D eigenvalue weighted by Crippen LogP contribution is -2.29. The van der Waals surface area contributed by atoms with Crippen molar-refractivity contribution in [2.24, 2.45) is 0 Å². The smallest absolute Gasteiger partial charge is 0.137 e. The van der Waals surface area contributed by atoms with Crippen molar-refractivity contribution < 1.29 is 0 Å². The van der Waals surface area contributed by atoms with Gasteiger partial charge in [-0.3, -0.25) is 0 Å². The van der Waals surface area contributed by atoms with Crippen LogP contribution in [0, 0.1) is 13.8 Å². The highest BCUT2D eigenvalue weighted by Crippen LogP contribution is 2.28. The first-order chi connectivity index (χ1) is 12.2. The normalized spacial score (nSPS) is 15.1. The number of anilines is 1. The number of rotatable bonds is 3. The number of aryl methyl sites for hydroxylation is 2. The van der Waals surface area contributed by atoms with E-state index in [0.29, 0.717) is 0 Å². The van der Waals surface area contributed by atoms with E-state index >= 15 is 0 Å². The molecule has 0 saturated carbocycles. The van der Waals surface area contributed by atoms with Gasteiger partial charge < -0.3 is 9.88 Å². The topological polar surface area (TPSA) is 31.9 Å². The quantitative estimate of drug-likeness (QED) is 0.731. The molecule has 1 N–H and O–H groups in total. The summed E-state index contributed by atoms with van der Waals surface area (Å²) >= 11 is 0. The number of hydrogen-bond donors (Lipinski definition) is 1. The summed E-state index contributed by atoms with van der Waals surface area (Å²) in [5.74, 6) is 0. The molecule has 3 nitrogen and oxygen atoms in total. The fourth-order valence-corrected chi connectivity index (χ4v) is 3.48. The first-order valence-electron chi connectivity index (χ1n) is 8.82. The van der Waals surface area contributed by atoms with E-state index in [-0.39, 0.29) is 0 Å². The standard InChI is InChI=1S/C22H23N3/c1-16-4-3-5-19(14-16)7-6-18-9-12-25(13-10-18)21-15-24-22-20(17(21)2)8-11-23-22/h3-9,11,14-15H,10,12-13H2,1-2H3,(H,23,24). The number of H-pyrrole nitrogens is 1. The second kappa shape index (κ2) is 6.60. The number of benzene rings is 1. The van der Waals surface area contributed by atoms with Gasteiger partial charge in [0.05, 0.1) is 11.9 Å². The maximum Gasteiger partial charge on any atom is 0.137 e. The average molecular weight is 329 g/mol. The van der Waals surface area contributed by atoms with Gasteiger partial charge in [-0.05, 0) is 43.0 Å². The second-order valence-electron chi connectivity index (χ2n) is 6.73. The van der Waals surface area contributed by atoms with E-state index in [9.17, 15) is 0 Å². The van der Waals surface area contributed by atoms with Crippen LogP contribution in [0.25, 0.3) is 17.1 Å². The average Bonchev–Trinajstić information content (AvgIpc) is 3.11. The molecule has 3 heteroatoms. The third kappa shape index (κ3) is 3.22. The van der Waals surface area contributed by atoms with E-state index in [2.05, 4.69) is 77.3 Å². The Morgan fingerprint density at radius 1 is 1.16 bits per heavy atom. The molecule has 1 aliphatic rings. The minimum absolute atomic E-state index is 0.936. The Morgan fingerprint density at radius 3 is 2.88 bits per heavy atom. The van der Waals surface area contributed by atoms with Crippen molar-refractivity contribution in [3.05, 3.63) is 77.1 Å². The van der Waals surface area contributed by atoms with E-state index in [1.807, 2.05) is 12.4 Å². The lowest BCUT2D eigenvalue weighted by Gasteiger charge is -2.29. The van der Waals surface area contributed by atoms with E-state index in [4.69, 9.17) is 0 Å².